The van der Waals surface area contributed by atoms with E-state index in [1.54, 1.807) is 17.9 Å². The number of nitrogens with zero attached hydrogens (tertiary/aromatic N) is 4. The second-order valence-corrected chi connectivity index (χ2v) is 9.05. The number of hydrogen-bond acceptors (Lipinski definition) is 4. The lowest BCUT2D eigenvalue weighted by Gasteiger charge is -2.37. The fraction of sp³-hybridized carbons (Fsp3) is 0.478. The number of fused-ring (bicyclic) bond motifs is 2. The molecule has 1 amide bonds. The molecule has 8 nitrogen and oxygen atoms in total. The van der Waals surface area contributed by atoms with E-state index >= 15 is 0 Å². The Bertz CT molecular complexity index is 1260. The van der Waals surface area contributed by atoms with Gasteiger partial charge in [-0.05, 0) is 35.8 Å². The third-order valence-corrected chi connectivity index (χ3v) is 6.48. The lowest BCUT2D eigenvalue weighted by molar-refractivity contribution is -0.122. The average Bonchev–Trinajstić information content (AvgIpc) is 3.17. The predicted molar refractivity (Wildman–Crippen MR) is 119 cm³/mol. The number of amides is 1. The number of hydrogen-bond donors (Lipinski definition) is 1. The second-order valence-electron chi connectivity index (χ2n) is 9.05. The number of rotatable bonds is 5. The molecule has 1 N–H and O–H groups in total. The van der Waals surface area contributed by atoms with E-state index in [0.717, 1.165) is 17.4 Å². The number of aryl methyl sites for hydroxylation is 2. The first kappa shape index (κ1) is 21.1. The van der Waals surface area contributed by atoms with Gasteiger partial charge in [0.2, 0.25) is 5.91 Å². The number of imidazole rings is 1. The van der Waals surface area contributed by atoms with Gasteiger partial charge in [0, 0.05) is 27.1 Å². The van der Waals surface area contributed by atoms with Crippen molar-refractivity contribution in [2.24, 2.45) is 14.1 Å². The summed E-state index contributed by atoms with van der Waals surface area (Å²) >= 11 is 0. The molecule has 0 radical (unpaired) electrons. The van der Waals surface area contributed by atoms with Gasteiger partial charge in [0.15, 0.2) is 11.2 Å². The molecule has 1 aromatic carbocycles. The summed E-state index contributed by atoms with van der Waals surface area (Å²) in [4.78, 5) is 41.4. The van der Waals surface area contributed by atoms with E-state index in [2.05, 4.69) is 42.3 Å². The van der Waals surface area contributed by atoms with Crippen LogP contribution in [-0.4, -0.2) is 24.6 Å². The zero-order valence-electron chi connectivity index (χ0n) is 18.5. The van der Waals surface area contributed by atoms with Gasteiger partial charge < -0.3 is 9.88 Å². The maximum absolute atomic E-state index is 12.6. The minimum Gasteiger partial charge on any atom is -0.349 e. The summed E-state index contributed by atoms with van der Waals surface area (Å²) in [6.45, 7) is 4.98. The summed E-state index contributed by atoms with van der Waals surface area (Å²) in [6, 6.07) is 8.38. The van der Waals surface area contributed by atoms with E-state index in [1.165, 1.54) is 22.7 Å². The van der Waals surface area contributed by atoms with Crippen molar-refractivity contribution in [1.82, 2.24) is 24.0 Å². The van der Waals surface area contributed by atoms with E-state index in [9.17, 15) is 14.4 Å². The molecule has 1 aliphatic carbocycles. The molecule has 1 unspecified atom stereocenters. The Hall–Kier alpha value is -3.16. The highest BCUT2D eigenvalue weighted by Gasteiger charge is 2.32. The van der Waals surface area contributed by atoms with E-state index in [-0.39, 0.29) is 22.9 Å². The summed E-state index contributed by atoms with van der Waals surface area (Å²) < 4.78 is 4.17. The van der Waals surface area contributed by atoms with Crippen molar-refractivity contribution < 1.29 is 4.79 Å². The van der Waals surface area contributed by atoms with Gasteiger partial charge in [-0.25, -0.2) is 9.78 Å². The molecule has 2 aromatic heterocycles. The molecule has 3 aromatic rings. The largest absolute Gasteiger partial charge is 0.349 e. The third kappa shape index (κ3) is 3.71. The Labute approximate surface area is 180 Å². The Morgan fingerprint density at radius 3 is 2.71 bits per heavy atom. The highest BCUT2D eigenvalue weighted by Crippen LogP contribution is 2.41. The smallest absolute Gasteiger partial charge is 0.332 e. The van der Waals surface area contributed by atoms with Crippen LogP contribution in [0.4, 0.5) is 0 Å². The van der Waals surface area contributed by atoms with Crippen LogP contribution in [0.1, 0.15) is 56.7 Å². The van der Waals surface area contributed by atoms with Crippen molar-refractivity contribution in [1.29, 1.82) is 0 Å². The molecule has 2 heterocycles. The minimum absolute atomic E-state index is 0.00392. The quantitative estimate of drug-likeness (QED) is 0.681. The fourth-order valence-corrected chi connectivity index (χ4v) is 4.61. The molecule has 0 aliphatic heterocycles. The summed E-state index contributed by atoms with van der Waals surface area (Å²) in [5.41, 5.74) is 2.59. The molecule has 0 saturated heterocycles. The number of benzene rings is 1. The first-order valence-electron chi connectivity index (χ1n) is 10.7. The summed E-state index contributed by atoms with van der Waals surface area (Å²) in [5, 5.41) is 3.19. The van der Waals surface area contributed by atoms with Gasteiger partial charge in [-0.15, -0.1) is 0 Å². The predicted octanol–water partition coefficient (Wildman–Crippen LogP) is 2.14. The second kappa shape index (κ2) is 7.83. The van der Waals surface area contributed by atoms with Crippen LogP contribution < -0.4 is 16.6 Å². The molecular weight excluding hydrogens is 394 g/mol. The van der Waals surface area contributed by atoms with E-state index in [1.807, 2.05) is 6.07 Å². The van der Waals surface area contributed by atoms with E-state index < -0.39 is 5.69 Å². The Morgan fingerprint density at radius 1 is 1.19 bits per heavy atom. The molecule has 0 fully saturated rings. The van der Waals surface area contributed by atoms with Gasteiger partial charge in [-0.3, -0.25) is 18.7 Å². The monoisotopic (exact) mass is 423 g/mol. The van der Waals surface area contributed by atoms with Gasteiger partial charge in [0.25, 0.3) is 5.56 Å². The molecule has 164 valence electrons. The summed E-state index contributed by atoms with van der Waals surface area (Å²) in [5.74, 6) is 0.00392. The molecule has 0 saturated carbocycles. The number of carbonyl (C=O) groups excluding carboxylic acids is 1. The standard InChI is InChI=1S/C23H29N5O3/c1-23(2)12-11-17(15-8-5-6-9-16(15)23)25-18(29)10-7-13-28-14-24-20-19(28)21(30)27(4)22(31)26(20)3/h5-6,8-9,14,17H,7,10-13H2,1-4H3,(H,25,29). The molecule has 1 aliphatic rings. The maximum atomic E-state index is 12.6. The zero-order valence-corrected chi connectivity index (χ0v) is 18.5. The minimum atomic E-state index is -0.405. The topological polar surface area (TPSA) is 90.9 Å². The first-order chi connectivity index (χ1) is 14.7. The Balaban J connectivity index is 1.43. The first-order valence-corrected chi connectivity index (χ1v) is 10.7. The number of nitrogens with one attached hydrogen (secondary N) is 1. The van der Waals surface area contributed by atoms with Crippen molar-refractivity contribution in [2.75, 3.05) is 0 Å². The fourth-order valence-electron chi connectivity index (χ4n) is 4.61. The van der Waals surface area contributed by atoms with Crippen molar-refractivity contribution >= 4 is 17.1 Å². The SMILES string of the molecule is Cn1c(=O)c2c(ncn2CCCC(=O)NC2CCC(C)(C)c3ccccc32)n(C)c1=O. The molecular formula is C23H29N5O3. The van der Waals surface area contributed by atoms with Crippen molar-refractivity contribution in [3.05, 3.63) is 62.6 Å². The average molecular weight is 424 g/mol. The van der Waals surface area contributed by atoms with E-state index in [0.29, 0.717) is 30.6 Å². The summed E-state index contributed by atoms with van der Waals surface area (Å²) in [6.07, 6.45) is 4.43. The van der Waals surface area contributed by atoms with Crippen LogP contribution in [-0.2, 0) is 30.8 Å². The number of aromatic nitrogens is 4. The molecule has 0 spiro atoms. The van der Waals surface area contributed by atoms with Crippen molar-refractivity contribution in [3.8, 4) is 0 Å². The highest BCUT2D eigenvalue weighted by molar-refractivity contribution is 5.76. The molecule has 8 heteroatoms. The van der Waals surface area contributed by atoms with Crippen LogP contribution in [0.25, 0.3) is 11.2 Å². The van der Waals surface area contributed by atoms with Crippen molar-refractivity contribution in [2.45, 2.75) is 57.5 Å². The Morgan fingerprint density at radius 2 is 1.94 bits per heavy atom. The van der Waals surface area contributed by atoms with E-state index in [4.69, 9.17) is 0 Å². The normalized spacial score (nSPS) is 17.5. The van der Waals surface area contributed by atoms with Gasteiger partial charge >= 0.3 is 5.69 Å². The van der Waals surface area contributed by atoms with Crippen LogP contribution in [0.2, 0.25) is 0 Å². The molecule has 0 bridgehead atoms. The molecule has 1 atom stereocenters. The van der Waals surface area contributed by atoms with Crippen molar-refractivity contribution in [3.63, 3.8) is 0 Å². The third-order valence-electron chi connectivity index (χ3n) is 6.48. The van der Waals surface area contributed by atoms with Gasteiger partial charge in [-0.2, -0.15) is 0 Å². The lowest BCUT2D eigenvalue weighted by Crippen LogP contribution is -2.37. The van der Waals surface area contributed by atoms with Gasteiger partial charge in [0.05, 0.1) is 12.4 Å². The molecule has 4 rings (SSSR count). The maximum Gasteiger partial charge on any atom is 0.332 e. The van der Waals surface area contributed by atoms with Gasteiger partial charge in [-0.1, -0.05) is 38.1 Å². The van der Waals surface area contributed by atoms with Gasteiger partial charge in [0.1, 0.15) is 0 Å². The van der Waals surface area contributed by atoms with Crippen LogP contribution in [0.15, 0.2) is 40.2 Å². The highest BCUT2D eigenvalue weighted by atomic mass is 16.2. The van der Waals surface area contributed by atoms with Crippen LogP contribution >= 0.6 is 0 Å². The Kier molecular flexibility index (Phi) is 5.33. The number of carbonyl (C=O) groups is 1. The van der Waals surface area contributed by atoms with Crippen LogP contribution in [0.5, 0.6) is 0 Å². The summed E-state index contributed by atoms with van der Waals surface area (Å²) in [7, 11) is 3.05. The van der Waals surface area contributed by atoms with Crippen LogP contribution in [0.3, 0.4) is 0 Å². The zero-order chi connectivity index (χ0) is 22.3. The van der Waals surface area contributed by atoms with Crippen LogP contribution in [0, 0.1) is 0 Å². The lowest BCUT2D eigenvalue weighted by atomic mass is 9.71. The molecule has 31 heavy (non-hydrogen) atoms.